The van der Waals surface area contributed by atoms with Gasteiger partial charge in [-0.3, -0.25) is 4.79 Å². The van der Waals surface area contributed by atoms with Crippen molar-refractivity contribution in [1.82, 2.24) is 5.32 Å². The van der Waals surface area contributed by atoms with E-state index in [4.69, 9.17) is 11.6 Å². The molecule has 1 aromatic carbocycles. The number of carbonyl (C=O) groups is 1. The van der Waals surface area contributed by atoms with Crippen LogP contribution < -0.4 is 5.32 Å². The molecule has 0 radical (unpaired) electrons. The fourth-order valence-electron chi connectivity index (χ4n) is 2.20. The van der Waals surface area contributed by atoms with Crippen LogP contribution in [0.25, 0.3) is 0 Å². The highest BCUT2D eigenvalue weighted by Crippen LogP contribution is 2.22. The summed E-state index contributed by atoms with van der Waals surface area (Å²) in [6, 6.07) is 4.65. The van der Waals surface area contributed by atoms with Gasteiger partial charge in [0.05, 0.1) is 10.6 Å². The van der Waals surface area contributed by atoms with Crippen molar-refractivity contribution < 1.29 is 9.90 Å². The second-order valence-corrected chi connectivity index (χ2v) is 4.88. The van der Waals surface area contributed by atoms with Crippen LogP contribution in [0.2, 0.25) is 5.02 Å². The molecule has 0 aliphatic heterocycles. The quantitative estimate of drug-likeness (QED) is 0.851. The molecule has 1 aliphatic carbocycles. The van der Waals surface area contributed by atoms with Crippen LogP contribution in [-0.4, -0.2) is 17.1 Å². The van der Waals surface area contributed by atoms with Crippen molar-refractivity contribution in [1.29, 1.82) is 0 Å². The molecule has 2 rings (SSSR count). The lowest BCUT2D eigenvalue weighted by atomic mass is 9.95. The van der Waals surface area contributed by atoms with E-state index in [-0.39, 0.29) is 17.7 Å². The van der Waals surface area contributed by atoms with Gasteiger partial charge in [-0.05, 0) is 31.0 Å². The van der Waals surface area contributed by atoms with E-state index in [0.29, 0.717) is 10.6 Å². The van der Waals surface area contributed by atoms with Crippen LogP contribution in [-0.2, 0) is 0 Å². The fourth-order valence-corrected chi connectivity index (χ4v) is 2.40. The highest BCUT2D eigenvalue weighted by molar-refractivity contribution is 6.33. The first-order valence-electron chi connectivity index (χ1n) is 5.96. The number of amides is 1. The minimum atomic E-state index is -0.196. The molecule has 0 aromatic heterocycles. The standard InChI is InChI=1S/C13H16ClNO2/c14-12-7-6-10(16)8-11(12)13(17)15-9-4-2-1-3-5-9/h6-9,16H,1-5H2,(H,15,17). The molecule has 0 saturated heterocycles. The summed E-state index contributed by atoms with van der Waals surface area (Å²) in [5.41, 5.74) is 0.345. The summed E-state index contributed by atoms with van der Waals surface area (Å²) in [5, 5.41) is 12.7. The maximum absolute atomic E-state index is 12.0. The zero-order valence-electron chi connectivity index (χ0n) is 9.58. The van der Waals surface area contributed by atoms with Gasteiger partial charge in [-0.15, -0.1) is 0 Å². The Labute approximate surface area is 106 Å². The average molecular weight is 254 g/mol. The van der Waals surface area contributed by atoms with E-state index >= 15 is 0 Å². The largest absolute Gasteiger partial charge is 0.508 e. The van der Waals surface area contributed by atoms with Crippen LogP contribution in [0.15, 0.2) is 18.2 Å². The summed E-state index contributed by atoms with van der Waals surface area (Å²) < 4.78 is 0. The molecule has 1 aliphatic rings. The van der Waals surface area contributed by atoms with Crippen LogP contribution in [0.5, 0.6) is 5.75 Å². The molecule has 1 aromatic rings. The lowest BCUT2D eigenvalue weighted by Crippen LogP contribution is -2.36. The Morgan fingerprint density at radius 2 is 2.00 bits per heavy atom. The molecule has 0 spiro atoms. The van der Waals surface area contributed by atoms with Crippen molar-refractivity contribution in [3.63, 3.8) is 0 Å². The van der Waals surface area contributed by atoms with E-state index in [1.54, 1.807) is 0 Å². The summed E-state index contributed by atoms with van der Waals surface area (Å²) in [7, 11) is 0. The van der Waals surface area contributed by atoms with E-state index in [2.05, 4.69) is 5.32 Å². The molecule has 2 N–H and O–H groups in total. The van der Waals surface area contributed by atoms with Gasteiger partial charge in [0.1, 0.15) is 5.75 Å². The van der Waals surface area contributed by atoms with Crippen molar-refractivity contribution in [2.24, 2.45) is 0 Å². The summed E-state index contributed by atoms with van der Waals surface area (Å²) >= 11 is 5.94. The highest BCUT2D eigenvalue weighted by atomic mass is 35.5. The summed E-state index contributed by atoms with van der Waals surface area (Å²) in [5.74, 6) is -0.138. The number of phenols is 1. The van der Waals surface area contributed by atoms with Crippen molar-refractivity contribution in [3.8, 4) is 5.75 Å². The minimum Gasteiger partial charge on any atom is -0.508 e. The monoisotopic (exact) mass is 253 g/mol. The van der Waals surface area contributed by atoms with E-state index in [1.165, 1.54) is 37.5 Å². The zero-order valence-corrected chi connectivity index (χ0v) is 10.3. The molecule has 0 unspecified atom stereocenters. The van der Waals surface area contributed by atoms with E-state index in [9.17, 15) is 9.90 Å². The number of carbonyl (C=O) groups excluding carboxylic acids is 1. The Kier molecular flexibility index (Phi) is 3.89. The lowest BCUT2D eigenvalue weighted by molar-refractivity contribution is 0.0927. The number of hydrogen-bond acceptors (Lipinski definition) is 2. The molecule has 0 atom stereocenters. The van der Waals surface area contributed by atoms with E-state index < -0.39 is 0 Å². The maximum atomic E-state index is 12.0. The number of halogens is 1. The van der Waals surface area contributed by atoms with Gasteiger partial charge in [0, 0.05) is 6.04 Å². The third-order valence-electron chi connectivity index (χ3n) is 3.13. The Balaban J connectivity index is 2.05. The summed E-state index contributed by atoms with van der Waals surface area (Å²) in [4.78, 5) is 12.0. The number of rotatable bonds is 2. The van der Waals surface area contributed by atoms with Crippen molar-refractivity contribution in [2.45, 2.75) is 38.1 Å². The van der Waals surface area contributed by atoms with Gasteiger partial charge in [-0.1, -0.05) is 30.9 Å². The van der Waals surface area contributed by atoms with Crippen LogP contribution in [0.3, 0.4) is 0 Å². The molecule has 3 nitrogen and oxygen atoms in total. The maximum Gasteiger partial charge on any atom is 0.253 e. The predicted octanol–water partition coefficient (Wildman–Crippen LogP) is 3.11. The molecule has 92 valence electrons. The molecule has 17 heavy (non-hydrogen) atoms. The van der Waals surface area contributed by atoms with Gasteiger partial charge in [0.15, 0.2) is 0 Å². The third-order valence-corrected chi connectivity index (χ3v) is 3.46. The second-order valence-electron chi connectivity index (χ2n) is 4.47. The number of benzene rings is 1. The normalized spacial score (nSPS) is 16.8. The van der Waals surface area contributed by atoms with Crippen molar-refractivity contribution >= 4 is 17.5 Å². The predicted molar refractivity (Wildman–Crippen MR) is 67.5 cm³/mol. The Hall–Kier alpha value is -1.22. The smallest absolute Gasteiger partial charge is 0.253 e. The number of hydrogen-bond donors (Lipinski definition) is 2. The van der Waals surface area contributed by atoms with Gasteiger partial charge in [-0.25, -0.2) is 0 Å². The zero-order chi connectivity index (χ0) is 12.3. The van der Waals surface area contributed by atoms with Crippen LogP contribution in [0.4, 0.5) is 0 Å². The average Bonchev–Trinajstić information content (AvgIpc) is 2.33. The number of aromatic hydroxyl groups is 1. The first-order chi connectivity index (χ1) is 8.16. The van der Waals surface area contributed by atoms with Crippen LogP contribution >= 0.6 is 11.6 Å². The van der Waals surface area contributed by atoms with Gasteiger partial charge in [-0.2, -0.15) is 0 Å². The van der Waals surface area contributed by atoms with Gasteiger partial charge < -0.3 is 10.4 Å². The summed E-state index contributed by atoms with van der Waals surface area (Å²) in [6.07, 6.45) is 5.64. The van der Waals surface area contributed by atoms with E-state index in [1.807, 2.05) is 0 Å². The fraction of sp³-hybridized carbons (Fsp3) is 0.462. The minimum absolute atomic E-state index is 0.0585. The molecular weight excluding hydrogens is 238 g/mol. The molecule has 1 fully saturated rings. The SMILES string of the molecule is O=C(NC1CCCCC1)c1cc(O)ccc1Cl. The molecular formula is C13H16ClNO2. The topological polar surface area (TPSA) is 49.3 Å². The van der Waals surface area contributed by atoms with Gasteiger partial charge in [0.25, 0.3) is 5.91 Å². The van der Waals surface area contributed by atoms with Crippen LogP contribution in [0.1, 0.15) is 42.5 Å². The first-order valence-corrected chi connectivity index (χ1v) is 6.34. The molecule has 0 bridgehead atoms. The Morgan fingerprint density at radius 3 is 2.71 bits per heavy atom. The summed E-state index contributed by atoms with van der Waals surface area (Å²) in [6.45, 7) is 0. The van der Waals surface area contributed by atoms with Gasteiger partial charge in [0.2, 0.25) is 0 Å². The van der Waals surface area contributed by atoms with E-state index in [0.717, 1.165) is 12.8 Å². The lowest BCUT2D eigenvalue weighted by Gasteiger charge is -2.22. The Bertz CT molecular complexity index is 414. The van der Waals surface area contributed by atoms with Crippen molar-refractivity contribution in [2.75, 3.05) is 0 Å². The number of phenolic OH excluding ortho intramolecular Hbond substituents is 1. The van der Waals surface area contributed by atoms with Crippen molar-refractivity contribution in [3.05, 3.63) is 28.8 Å². The third kappa shape index (κ3) is 3.13. The second kappa shape index (κ2) is 5.41. The molecule has 4 heteroatoms. The molecule has 0 heterocycles. The molecule has 1 amide bonds. The Morgan fingerprint density at radius 1 is 1.29 bits per heavy atom. The van der Waals surface area contributed by atoms with Crippen LogP contribution in [0, 0.1) is 0 Å². The molecule has 1 saturated carbocycles. The number of nitrogens with one attached hydrogen (secondary N) is 1. The highest BCUT2D eigenvalue weighted by Gasteiger charge is 2.18. The van der Waals surface area contributed by atoms with Gasteiger partial charge >= 0.3 is 0 Å². The first kappa shape index (κ1) is 12.2.